The molecule has 2 aromatic rings. The summed E-state index contributed by atoms with van der Waals surface area (Å²) in [4.78, 5) is 26.4. The highest BCUT2D eigenvalue weighted by atomic mass is 16.6. The highest BCUT2D eigenvalue weighted by molar-refractivity contribution is 5.97. The summed E-state index contributed by atoms with van der Waals surface area (Å²) in [7, 11) is 0. The van der Waals surface area contributed by atoms with Crippen LogP contribution in [-0.2, 0) is 9.53 Å². The lowest BCUT2D eigenvalue weighted by molar-refractivity contribution is -0.188. The van der Waals surface area contributed by atoms with Crippen LogP contribution in [-0.4, -0.2) is 17.4 Å². The standard InChI is InChI=1S/C28H30O3/c29-24(21-7-3-1-4-8-21)14-23-25(22-9-5-2-6-10-22)26(23)27(30)31-28-15-18-11-19(16-28)13-20(12-18)17-28/h1-10,18-20,23,25-26H,11-17H2/t18?,19?,20?,23-,25-,26-,28?/m0/s1. The van der Waals surface area contributed by atoms with Crippen molar-refractivity contribution in [2.24, 2.45) is 29.6 Å². The maximum absolute atomic E-state index is 13.5. The van der Waals surface area contributed by atoms with Crippen LogP contribution in [0, 0.1) is 29.6 Å². The number of rotatable bonds is 6. The Morgan fingerprint density at radius 3 is 1.94 bits per heavy atom. The van der Waals surface area contributed by atoms with E-state index in [1.165, 1.54) is 19.3 Å². The first kappa shape index (κ1) is 19.3. The Balaban J connectivity index is 1.21. The summed E-state index contributed by atoms with van der Waals surface area (Å²) in [5.41, 5.74) is 1.67. The molecule has 3 heteroatoms. The molecule has 3 nitrogen and oxygen atoms in total. The molecule has 0 amide bonds. The first-order valence-electron chi connectivity index (χ1n) is 12.0. The predicted octanol–water partition coefficient (Wildman–Crippen LogP) is 5.80. The van der Waals surface area contributed by atoms with Crippen molar-refractivity contribution in [3.05, 3.63) is 71.8 Å². The van der Waals surface area contributed by atoms with E-state index >= 15 is 0 Å². The van der Waals surface area contributed by atoms with Crippen LogP contribution >= 0.6 is 0 Å². The highest BCUT2D eigenvalue weighted by Crippen LogP contribution is 2.60. The lowest BCUT2D eigenvalue weighted by atomic mass is 9.54. The third-order valence-corrected chi connectivity index (χ3v) is 8.44. The average molecular weight is 415 g/mol. The van der Waals surface area contributed by atoms with Gasteiger partial charge in [0.2, 0.25) is 0 Å². The maximum atomic E-state index is 13.5. The molecular weight excluding hydrogens is 384 g/mol. The van der Waals surface area contributed by atoms with Crippen LogP contribution < -0.4 is 0 Å². The molecule has 7 rings (SSSR count). The monoisotopic (exact) mass is 414 g/mol. The Morgan fingerprint density at radius 1 is 0.806 bits per heavy atom. The molecule has 0 unspecified atom stereocenters. The topological polar surface area (TPSA) is 43.4 Å². The molecule has 0 saturated heterocycles. The van der Waals surface area contributed by atoms with E-state index in [1.54, 1.807) is 0 Å². The molecule has 5 aliphatic rings. The number of esters is 1. The number of carbonyl (C=O) groups is 2. The Kier molecular flexibility index (Phi) is 4.55. The van der Waals surface area contributed by atoms with E-state index in [0.29, 0.717) is 6.42 Å². The Morgan fingerprint density at radius 2 is 1.35 bits per heavy atom. The number of Topliss-reactive ketones (excluding diaryl/α,β-unsaturated/α-hetero) is 1. The van der Waals surface area contributed by atoms with Gasteiger partial charge in [0.15, 0.2) is 5.78 Å². The molecule has 5 fully saturated rings. The fourth-order valence-electron chi connectivity index (χ4n) is 7.47. The lowest BCUT2D eigenvalue weighted by Gasteiger charge is -2.55. The summed E-state index contributed by atoms with van der Waals surface area (Å²) in [6.45, 7) is 0. The van der Waals surface area contributed by atoms with Gasteiger partial charge in [-0.3, -0.25) is 9.59 Å². The van der Waals surface area contributed by atoms with E-state index in [1.807, 2.05) is 48.5 Å². The first-order chi connectivity index (χ1) is 15.1. The lowest BCUT2D eigenvalue weighted by Crippen LogP contribution is -2.53. The molecular formula is C28H30O3. The number of hydrogen-bond donors (Lipinski definition) is 0. The fraction of sp³-hybridized carbons (Fsp3) is 0.500. The van der Waals surface area contributed by atoms with E-state index in [9.17, 15) is 9.59 Å². The minimum absolute atomic E-state index is 0.0384. The van der Waals surface area contributed by atoms with E-state index in [2.05, 4.69) is 12.1 Å². The molecule has 31 heavy (non-hydrogen) atoms. The molecule has 0 heterocycles. The van der Waals surface area contributed by atoms with Crippen molar-refractivity contribution in [3.63, 3.8) is 0 Å². The SMILES string of the molecule is O=C(C[C@@H]1[C@H](C(=O)OC23CC4CC(CC(C4)C2)C3)[C@H]1c1ccccc1)c1ccccc1. The van der Waals surface area contributed by atoms with Crippen LogP contribution in [0.3, 0.4) is 0 Å². The van der Waals surface area contributed by atoms with Crippen molar-refractivity contribution in [2.75, 3.05) is 0 Å². The van der Waals surface area contributed by atoms with Crippen LogP contribution in [0.1, 0.15) is 66.8 Å². The minimum Gasteiger partial charge on any atom is -0.459 e. The summed E-state index contributed by atoms with van der Waals surface area (Å²) < 4.78 is 6.39. The third-order valence-electron chi connectivity index (χ3n) is 8.44. The molecule has 5 aliphatic carbocycles. The molecule has 3 atom stereocenters. The molecule has 0 spiro atoms. The molecule has 0 aliphatic heterocycles. The molecule has 2 aromatic carbocycles. The first-order valence-corrected chi connectivity index (χ1v) is 12.0. The van der Waals surface area contributed by atoms with Crippen molar-refractivity contribution in [2.45, 2.75) is 56.5 Å². The van der Waals surface area contributed by atoms with Gasteiger partial charge in [-0.25, -0.2) is 0 Å². The zero-order valence-electron chi connectivity index (χ0n) is 17.9. The molecule has 5 saturated carbocycles. The zero-order chi connectivity index (χ0) is 21.0. The summed E-state index contributed by atoms with van der Waals surface area (Å²) in [6.07, 6.45) is 7.58. The van der Waals surface area contributed by atoms with Gasteiger partial charge in [0.1, 0.15) is 5.60 Å². The van der Waals surface area contributed by atoms with Crippen molar-refractivity contribution in [3.8, 4) is 0 Å². The molecule has 0 radical (unpaired) electrons. The summed E-state index contributed by atoms with van der Waals surface area (Å²) >= 11 is 0. The largest absolute Gasteiger partial charge is 0.459 e. The van der Waals surface area contributed by atoms with E-state index in [4.69, 9.17) is 4.74 Å². The number of ketones is 1. The average Bonchev–Trinajstić information content (AvgIpc) is 3.47. The van der Waals surface area contributed by atoms with Gasteiger partial charge in [0.05, 0.1) is 5.92 Å². The van der Waals surface area contributed by atoms with Gasteiger partial charge in [0.25, 0.3) is 0 Å². The van der Waals surface area contributed by atoms with Crippen molar-refractivity contribution >= 4 is 11.8 Å². The van der Waals surface area contributed by atoms with Crippen LogP contribution in [0.2, 0.25) is 0 Å². The molecule has 0 aromatic heterocycles. The van der Waals surface area contributed by atoms with Crippen molar-refractivity contribution in [1.29, 1.82) is 0 Å². The molecule has 0 N–H and O–H groups in total. The number of benzene rings is 2. The highest BCUT2D eigenvalue weighted by Gasteiger charge is 2.60. The summed E-state index contributed by atoms with van der Waals surface area (Å²) in [5.74, 6) is 2.25. The minimum atomic E-state index is -0.219. The number of carbonyl (C=O) groups excluding carboxylic acids is 2. The second-order valence-corrected chi connectivity index (χ2v) is 10.6. The third kappa shape index (κ3) is 3.52. The number of hydrogen-bond acceptors (Lipinski definition) is 3. The van der Waals surface area contributed by atoms with Gasteiger partial charge >= 0.3 is 5.97 Å². The zero-order valence-corrected chi connectivity index (χ0v) is 17.9. The van der Waals surface area contributed by atoms with Crippen molar-refractivity contribution in [1.82, 2.24) is 0 Å². The number of ether oxygens (including phenoxy) is 1. The van der Waals surface area contributed by atoms with Gasteiger partial charge in [0, 0.05) is 17.9 Å². The summed E-state index contributed by atoms with van der Waals surface area (Å²) in [6, 6.07) is 19.7. The van der Waals surface area contributed by atoms with Crippen LogP contribution in [0.4, 0.5) is 0 Å². The normalized spacial score (nSPS) is 37.4. The van der Waals surface area contributed by atoms with Gasteiger partial charge < -0.3 is 4.74 Å². The Bertz CT molecular complexity index is 945. The van der Waals surface area contributed by atoms with Crippen LogP contribution in [0.25, 0.3) is 0 Å². The van der Waals surface area contributed by atoms with Crippen molar-refractivity contribution < 1.29 is 14.3 Å². The predicted molar refractivity (Wildman–Crippen MR) is 119 cm³/mol. The van der Waals surface area contributed by atoms with Gasteiger partial charge in [-0.05, 0) is 67.8 Å². The van der Waals surface area contributed by atoms with Crippen LogP contribution in [0.5, 0.6) is 0 Å². The van der Waals surface area contributed by atoms with Gasteiger partial charge in [-0.2, -0.15) is 0 Å². The van der Waals surface area contributed by atoms with Gasteiger partial charge in [-0.15, -0.1) is 0 Å². The van der Waals surface area contributed by atoms with E-state index in [-0.39, 0.29) is 35.1 Å². The Labute approximate surface area is 184 Å². The second-order valence-electron chi connectivity index (χ2n) is 10.6. The summed E-state index contributed by atoms with van der Waals surface area (Å²) in [5, 5.41) is 0. The van der Waals surface area contributed by atoms with E-state index < -0.39 is 0 Å². The molecule has 4 bridgehead atoms. The Hall–Kier alpha value is -2.42. The van der Waals surface area contributed by atoms with Gasteiger partial charge in [-0.1, -0.05) is 60.7 Å². The second kappa shape index (κ2) is 7.32. The fourth-order valence-corrected chi connectivity index (χ4v) is 7.47. The van der Waals surface area contributed by atoms with Crippen LogP contribution in [0.15, 0.2) is 60.7 Å². The van der Waals surface area contributed by atoms with E-state index in [0.717, 1.165) is 48.1 Å². The smallest absolute Gasteiger partial charge is 0.310 e. The quantitative estimate of drug-likeness (QED) is 0.443. The molecule has 160 valence electrons. The maximum Gasteiger partial charge on any atom is 0.310 e.